The Kier molecular flexibility index (Phi) is 13.6. The lowest BCUT2D eigenvalue weighted by Gasteiger charge is -2.24. The number of hydrogen-bond donors (Lipinski definition) is 0. The maximum Gasteiger partial charge on any atom is 0.435 e. The minimum atomic E-state index is -4.87. The van der Waals surface area contributed by atoms with E-state index in [0.29, 0.717) is 22.9 Å². The van der Waals surface area contributed by atoms with Crippen LogP contribution in [0.5, 0.6) is 11.5 Å². The second-order valence-electron chi connectivity index (χ2n) is 12.3. The third-order valence-corrected chi connectivity index (χ3v) is 9.50. The van der Waals surface area contributed by atoms with Gasteiger partial charge in [0.2, 0.25) is 0 Å². The Labute approximate surface area is 311 Å². The predicted molar refractivity (Wildman–Crippen MR) is 189 cm³/mol. The predicted octanol–water partition coefficient (Wildman–Crippen LogP) is 10.5. The van der Waals surface area contributed by atoms with Gasteiger partial charge in [-0.1, -0.05) is 41.4 Å². The van der Waals surface area contributed by atoms with Gasteiger partial charge < -0.3 is 18.9 Å². The molecule has 0 bridgehead atoms. The van der Waals surface area contributed by atoms with E-state index in [4.69, 9.17) is 42.1 Å². The molecule has 0 saturated carbocycles. The highest BCUT2D eigenvalue weighted by atomic mass is 35.5. The van der Waals surface area contributed by atoms with E-state index in [1.165, 1.54) is 37.0 Å². The van der Waals surface area contributed by atoms with Crippen molar-refractivity contribution in [3.63, 3.8) is 0 Å². The number of ether oxygens (including phenoxy) is 4. The molecule has 0 amide bonds. The molecule has 3 aromatic carbocycles. The van der Waals surface area contributed by atoms with E-state index in [1.54, 1.807) is 31.4 Å². The van der Waals surface area contributed by atoms with Crippen molar-refractivity contribution >= 4 is 40.9 Å². The number of alkyl halides is 6. The van der Waals surface area contributed by atoms with Crippen LogP contribution < -0.4 is 9.47 Å². The second-order valence-corrected chi connectivity index (χ2v) is 14.3. The smallest absolute Gasteiger partial charge is 0.435 e. The average Bonchev–Trinajstić information content (AvgIpc) is 3.47. The lowest BCUT2D eigenvalue weighted by atomic mass is 9.96. The topological polar surface area (TPSA) is 71.8 Å². The molecule has 0 fully saturated rings. The van der Waals surface area contributed by atoms with Crippen LogP contribution in [0, 0.1) is 0 Å². The summed E-state index contributed by atoms with van der Waals surface area (Å²) in [6, 6.07) is 13.2. The number of hydrogen-bond acceptors (Lipinski definition) is 7. The summed E-state index contributed by atoms with van der Waals surface area (Å²) in [6.07, 6.45) is -10.0. The molecule has 282 valence electrons. The number of carbonyl (C=O) groups is 1. The van der Waals surface area contributed by atoms with Crippen LogP contribution in [0.2, 0.25) is 10.0 Å². The molecule has 0 saturated heterocycles. The van der Waals surface area contributed by atoms with E-state index in [0.717, 1.165) is 22.9 Å². The minimum Gasteiger partial charge on any atom is -0.488 e. The Hall–Kier alpha value is -3.43. The van der Waals surface area contributed by atoms with Crippen molar-refractivity contribution in [1.29, 1.82) is 0 Å². The number of thioether (sulfide) groups is 1. The normalized spacial score (nSPS) is 12.9. The van der Waals surface area contributed by atoms with Gasteiger partial charge in [0.15, 0.2) is 11.4 Å². The minimum absolute atomic E-state index is 0.0190. The average molecular weight is 794 g/mol. The third kappa shape index (κ3) is 11.0. The lowest BCUT2D eigenvalue weighted by Crippen LogP contribution is -2.31. The van der Waals surface area contributed by atoms with Gasteiger partial charge >= 0.3 is 18.3 Å². The molecule has 52 heavy (non-hydrogen) atoms. The van der Waals surface area contributed by atoms with E-state index in [-0.39, 0.29) is 58.8 Å². The van der Waals surface area contributed by atoms with Crippen molar-refractivity contribution in [3.8, 4) is 33.9 Å². The maximum atomic E-state index is 14.1. The highest BCUT2D eigenvalue weighted by molar-refractivity contribution is 7.99. The molecule has 0 spiro atoms. The summed E-state index contributed by atoms with van der Waals surface area (Å²) in [5.74, 6) is -0.329. The van der Waals surface area contributed by atoms with Crippen LogP contribution >= 0.6 is 35.0 Å². The molecule has 0 radical (unpaired) electrons. The van der Waals surface area contributed by atoms with Gasteiger partial charge in [-0.2, -0.15) is 43.2 Å². The van der Waals surface area contributed by atoms with Gasteiger partial charge in [-0.15, -0.1) is 0 Å². The van der Waals surface area contributed by atoms with Gasteiger partial charge in [0.1, 0.15) is 12.4 Å². The second kappa shape index (κ2) is 17.1. The standard InChI is InChI=1S/C36H36Cl2F6N2O5S/c1-21(50-20-34(2,3)48-5)19-52-15-14-31(47)51-33-25(28-17-30(36(42,43)44)45-46(28)4)11-13-29(49-18-22-6-9-24(37)10-7-22)32(33)23-8-12-27(38)26(16-23)35(39,40)41/h6-13,16-17,21H,14-15,18-20H2,1-5H3. The Morgan fingerprint density at radius 3 is 2.27 bits per heavy atom. The Morgan fingerprint density at radius 2 is 1.65 bits per heavy atom. The Morgan fingerprint density at radius 1 is 0.962 bits per heavy atom. The zero-order valence-corrected chi connectivity index (χ0v) is 31.1. The van der Waals surface area contributed by atoms with Crippen molar-refractivity contribution in [1.82, 2.24) is 9.78 Å². The molecule has 7 nitrogen and oxygen atoms in total. The molecule has 1 aromatic heterocycles. The van der Waals surface area contributed by atoms with E-state index in [2.05, 4.69) is 5.10 Å². The van der Waals surface area contributed by atoms with Crippen LogP contribution in [0.3, 0.4) is 0 Å². The summed E-state index contributed by atoms with van der Waals surface area (Å²) >= 11 is 13.3. The molecule has 1 unspecified atom stereocenters. The van der Waals surface area contributed by atoms with Crippen LogP contribution in [0.4, 0.5) is 26.3 Å². The molecular weight excluding hydrogens is 757 g/mol. The van der Waals surface area contributed by atoms with Gasteiger partial charge in [-0.05, 0) is 74.4 Å². The molecule has 0 aliphatic carbocycles. The number of aryl methyl sites for hydroxylation is 1. The molecule has 4 aromatic rings. The molecule has 1 atom stereocenters. The zero-order chi connectivity index (χ0) is 38.4. The fourth-order valence-electron chi connectivity index (χ4n) is 4.78. The lowest BCUT2D eigenvalue weighted by molar-refractivity contribution is -0.141. The van der Waals surface area contributed by atoms with E-state index in [9.17, 15) is 31.1 Å². The summed E-state index contributed by atoms with van der Waals surface area (Å²) in [7, 11) is 2.84. The molecular formula is C36H36Cl2F6N2O5S. The zero-order valence-electron chi connectivity index (χ0n) is 28.8. The first-order valence-electron chi connectivity index (χ1n) is 15.8. The number of benzene rings is 3. The summed E-state index contributed by atoms with van der Waals surface area (Å²) in [6.45, 7) is 5.90. The molecule has 0 aliphatic heterocycles. The SMILES string of the molecule is COC(C)(C)COC(C)CSCCC(=O)Oc1c(-c2cc(C(F)(F)F)nn2C)ccc(OCc2ccc(Cl)cc2)c1-c1ccc(Cl)c(C(F)(F)F)c1. The maximum absolute atomic E-state index is 14.1. The number of nitrogens with zero attached hydrogens (tertiary/aromatic N) is 2. The summed E-state index contributed by atoms with van der Waals surface area (Å²) in [5.41, 5.74) is -2.65. The van der Waals surface area contributed by atoms with Crippen LogP contribution in [-0.4, -0.2) is 52.7 Å². The largest absolute Gasteiger partial charge is 0.488 e. The molecule has 16 heteroatoms. The fraction of sp³-hybridized carbons (Fsp3) is 0.389. The van der Waals surface area contributed by atoms with Crippen molar-refractivity contribution in [2.24, 2.45) is 7.05 Å². The number of esters is 1. The van der Waals surface area contributed by atoms with Crippen LogP contribution in [0.1, 0.15) is 44.0 Å². The number of rotatable bonds is 15. The van der Waals surface area contributed by atoms with Gasteiger partial charge in [-0.25, -0.2) is 0 Å². The molecule has 0 aliphatic rings. The van der Waals surface area contributed by atoms with E-state index >= 15 is 0 Å². The highest BCUT2D eigenvalue weighted by Gasteiger charge is 2.37. The third-order valence-electron chi connectivity index (χ3n) is 7.72. The van der Waals surface area contributed by atoms with Gasteiger partial charge in [-0.3, -0.25) is 9.48 Å². The summed E-state index contributed by atoms with van der Waals surface area (Å²) < 4.78 is 107. The number of methoxy groups -OCH3 is 1. The van der Waals surface area contributed by atoms with E-state index in [1.807, 2.05) is 20.8 Å². The first-order valence-corrected chi connectivity index (χ1v) is 17.7. The number of carbonyl (C=O) groups excluding carboxylic acids is 1. The van der Waals surface area contributed by atoms with Crippen molar-refractivity contribution in [2.45, 2.75) is 57.9 Å². The molecule has 1 heterocycles. The number of aromatic nitrogens is 2. The van der Waals surface area contributed by atoms with Crippen LogP contribution in [-0.2, 0) is 40.3 Å². The Bertz CT molecular complexity index is 1850. The van der Waals surface area contributed by atoms with Crippen LogP contribution in [0.15, 0.2) is 60.7 Å². The van der Waals surface area contributed by atoms with E-state index < -0.39 is 40.2 Å². The highest BCUT2D eigenvalue weighted by Crippen LogP contribution is 2.48. The quantitative estimate of drug-likeness (QED) is 0.0514. The summed E-state index contributed by atoms with van der Waals surface area (Å²) in [4.78, 5) is 13.4. The van der Waals surface area contributed by atoms with Gasteiger partial charge in [0.25, 0.3) is 0 Å². The van der Waals surface area contributed by atoms with Crippen molar-refractivity contribution in [3.05, 3.63) is 87.5 Å². The monoisotopic (exact) mass is 792 g/mol. The van der Waals surface area contributed by atoms with Gasteiger partial charge in [0.05, 0.1) is 46.6 Å². The van der Waals surface area contributed by atoms with Crippen molar-refractivity contribution < 1.29 is 50.1 Å². The fourth-order valence-corrected chi connectivity index (χ4v) is 6.04. The summed E-state index contributed by atoms with van der Waals surface area (Å²) in [5, 5.41) is 3.46. The first-order chi connectivity index (χ1) is 24.3. The van der Waals surface area contributed by atoms with Crippen molar-refractivity contribution in [2.75, 3.05) is 25.2 Å². The van der Waals surface area contributed by atoms with Gasteiger partial charge in [0, 0.05) is 36.2 Å². The Balaban J connectivity index is 1.77. The first kappa shape index (κ1) is 41.3. The van der Waals surface area contributed by atoms with Crippen LogP contribution in [0.25, 0.3) is 22.4 Å². The number of halogens is 8. The molecule has 4 rings (SSSR count). The molecule has 0 N–H and O–H groups in total.